The molecule has 0 spiro atoms. The molecule has 2 fully saturated rings. The minimum Gasteiger partial charge on any atom is -0.0651 e. The van der Waals surface area contributed by atoms with Gasteiger partial charge in [-0.05, 0) is 77.0 Å². The maximum absolute atomic E-state index is 2.58. The zero-order valence-corrected chi connectivity index (χ0v) is 17.1. The quantitative estimate of drug-likeness (QED) is 0.529. The highest BCUT2D eigenvalue weighted by molar-refractivity contribution is 5.82. The molecule has 140 valence electrons. The summed E-state index contributed by atoms with van der Waals surface area (Å²) in [5.74, 6) is 6.51. The molecule has 26 heavy (non-hydrogen) atoms. The Morgan fingerprint density at radius 3 is 2.46 bits per heavy atom. The third-order valence-corrected chi connectivity index (χ3v) is 8.30. The SMILES string of the molecule is CCC1C(C)C(C(C)C(C)Cc2ccc3ccccc3c2)C2CCCC12. The van der Waals surface area contributed by atoms with Gasteiger partial charge in [0, 0.05) is 0 Å². The van der Waals surface area contributed by atoms with E-state index in [2.05, 4.69) is 70.2 Å². The van der Waals surface area contributed by atoms with Crippen LogP contribution in [0.2, 0.25) is 0 Å². The predicted molar refractivity (Wildman–Crippen MR) is 113 cm³/mol. The molecule has 0 aromatic heterocycles. The second-order valence-electron chi connectivity index (χ2n) is 9.49. The van der Waals surface area contributed by atoms with Gasteiger partial charge >= 0.3 is 0 Å². The largest absolute Gasteiger partial charge is 0.0651 e. The summed E-state index contributed by atoms with van der Waals surface area (Å²) >= 11 is 0. The number of hydrogen-bond donors (Lipinski definition) is 0. The van der Waals surface area contributed by atoms with Crippen molar-refractivity contribution in [2.75, 3.05) is 0 Å². The van der Waals surface area contributed by atoms with Crippen molar-refractivity contribution >= 4 is 10.8 Å². The molecule has 0 heterocycles. The molecule has 0 radical (unpaired) electrons. The van der Waals surface area contributed by atoms with Crippen LogP contribution in [0.15, 0.2) is 42.5 Å². The van der Waals surface area contributed by atoms with Gasteiger partial charge < -0.3 is 0 Å². The molecule has 0 aliphatic heterocycles. The van der Waals surface area contributed by atoms with E-state index in [9.17, 15) is 0 Å². The first kappa shape index (κ1) is 18.1. The van der Waals surface area contributed by atoms with Gasteiger partial charge in [-0.3, -0.25) is 0 Å². The lowest BCUT2D eigenvalue weighted by Crippen LogP contribution is -2.28. The molecule has 2 aromatic carbocycles. The Kier molecular flexibility index (Phi) is 5.13. The van der Waals surface area contributed by atoms with Crippen molar-refractivity contribution in [2.24, 2.45) is 41.4 Å². The first-order chi connectivity index (χ1) is 12.6. The highest BCUT2D eigenvalue weighted by Crippen LogP contribution is 2.58. The van der Waals surface area contributed by atoms with Crippen molar-refractivity contribution in [3.63, 3.8) is 0 Å². The second kappa shape index (κ2) is 7.37. The van der Waals surface area contributed by atoms with Crippen LogP contribution in [0.25, 0.3) is 10.8 Å². The molecule has 7 atom stereocenters. The van der Waals surface area contributed by atoms with E-state index in [1.54, 1.807) is 0 Å². The zero-order valence-electron chi connectivity index (χ0n) is 17.1. The number of hydrogen-bond acceptors (Lipinski definition) is 0. The molecule has 2 saturated carbocycles. The zero-order chi connectivity index (χ0) is 18.3. The summed E-state index contributed by atoms with van der Waals surface area (Å²) in [5, 5.41) is 2.75. The van der Waals surface area contributed by atoms with Crippen molar-refractivity contribution < 1.29 is 0 Å². The number of fused-ring (bicyclic) bond motifs is 2. The highest BCUT2D eigenvalue weighted by atomic mass is 14.6. The Balaban J connectivity index is 1.50. The van der Waals surface area contributed by atoms with Gasteiger partial charge in [0.15, 0.2) is 0 Å². The van der Waals surface area contributed by atoms with Crippen molar-refractivity contribution in [2.45, 2.75) is 59.8 Å². The number of benzene rings is 2. The van der Waals surface area contributed by atoms with Crippen LogP contribution in [-0.4, -0.2) is 0 Å². The molecule has 2 aromatic rings. The van der Waals surface area contributed by atoms with E-state index < -0.39 is 0 Å². The van der Waals surface area contributed by atoms with Crippen molar-refractivity contribution in [3.8, 4) is 0 Å². The fourth-order valence-electron chi connectivity index (χ4n) is 6.94. The van der Waals surface area contributed by atoms with Gasteiger partial charge in [0.1, 0.15) is 0 Å². The average Bonchev–Trinajstić information content (AvgIpc) is 3.20. The Labute approximate surface area is 160 Å². The molecule has 0 nitrogen and oxygen atoms in total. The van der Waals surface area contributed by atoms with E-state index in [1.807, 2.05) is 0 Å². The first-order valence-electron chi connectivity index (χ1n) is 11.1. The van der Waals surface area contributed by atoms with Crippen LogP contribution in [-0.2, 0) is 6.42 Å². The minimum atomic E-state index is 0.764. The summed E-state index contributed by atoms with van der Waals surface area (Å²) in [7, 11) is 0. The van der Waals surface area contributed by atoms with Crippen LogP contribution < -0.4 is 0 Å². The van der Waals surface area contributed by atoms with Gasteiger partial charge in [0.2, 0.25) is 0 Å². The summed E-state index contributed by atoms with van der Waals surface area (Å²) in [6, 6.07) is 15.8. The molecule has 4 rings (SSSR count). The van der Waals surface area contributed by atoms with E-state index in [1.165, 1.54) is 48.4 Å². The van der Waals surface area contributed by atoms with Crippen LogP contribution in [0, 0.1) is 41.4 Å². The van der Waals surface area contributed by atoms with Crippen molar-refractivity contribution in [3.05, 3.63) is 48.0 Å². The fraction of sp³-hybridized carbons (Fsp3) is 0.615. The third-order valence-electron chi connectivity index (χ3n) is 8.30. The number of rotatable bonds is 5. The smallest absolute Gasteiger partial charge is 0.0181 e. The summed E-state index contributed by atoms with van der Waals surface area (Å²) in [5.41, 5.74) is 1.52. The van der Waals surface area contributed by atoms with E-state index in [4.69, 9.17) is 0 Å². The van der Waals surface area contributed by atoms with Gasteiger partial charge in [0.25, 0.3) is 0 Å². The molecule has 0 heteroatoms. The maximum atomic E-state index is 2.58. The molecule has 2 aliphatic carbocycles. The van der Waals surface area contributed by atoms with E-state index in [0.717, 1.165) is 41.4 Å². The third kappa shape index (κ3) is 3.10. The van der Waals surface area contributed by atoms with Gasteiger partial charge in [-0.2, -0.15) is 0 Å². The van der Waals surface area contributed by atoms with E-state index >= 15 is 0 Å². The lowest BCUT2D eigenvalue weighted by Gasteiger charge is -2.33. The predicted octanol–water partition coefficient (Wildman–Crippen LogP) is 7.36. The maximum Gasteiger partial charge on any atom is -0.0181 e. The lowest BCUT2D eigenvalue weighted by molar-refractivity contribution is 0.159. The molecule has 0 amide bonds. The molecular weight excluding hydrogens is 312 g/mol. The highest BCUT2D eigenvalue weighted by Gasteiger charge is 2.51. The normalized spacial score (nSPS) is 33.3. The Bertz CT molecular complexity index is 745. The average molecular weight is 349 g/mol. The van der Waals surface area contributed by atoms with Crippen LogP contribution in [0.4, 0.5) is 0 Å². The molecule has 2 aliphatic rings. The Morgan fingerprint density at radius 1 is 0.962 bits per heavy atom. The van der Waals surface area contributed by atoms with Gasteiger partial charge in [-0.1, -0.05) is 83.0 Å². The molecule has 0 saturated heterocycles. The first-order valence-corrected chi connectivity index (χ1v) is 11.1. The minimum absolute atomic E-state index is 0.764. The molecular formula is C26H36. The van der Waals surface area contributed by atoms with Crippen LogP contribution in [0.1, 0.15) is 58.9 Å². The van der Waals surface area contributed by atoms with Crippen molar-refractivity contribution in [1.82, 2.24) is 0 Å². The van der Waals surface area contributed by atoms with Gasteiger partial charge in [-0.25, -0.2) is 0 Å². The molecule has 0 bridgehead atoms. The summed E-state index contributed by atoms with van der Waals surface area (Å²) < 4.78 is 0. The van der Waals surface area contributed by atoms with Crippen molar-refractivity contribution in [1.29, 1.82) is 0 Å². The summed E-state index contributed by atoms with van der Waals surface area (Å²) in [6.45, 7) is 10.1. The van der Waals surface area contributed by atoms with Crippen LogP contribution in [0.5, 0.6) is 0 Å². The second-order valence-corrected chi connectivity index (χ2v) is 9.49. The molecule has 0 N–H and O–H groups in total. The summed E-state index contributed by atoms with van der Waals surface area (Å²) in [4.78, 5) is 0. The van der Waals surface area contributed by atoms with Crippen LogP contribution >= 0.6 is 0 Å². The van der Waals surface area contributed by atoms with Gasteiger partial charge in [-0.15, -0.1) is 0 Å². The fourth-order valence-corrected chi connectivity index (χ4v) is 6.94. The topological polar surface area (TPSA) is 0 Å². The van der Waals surface area contributed by atoms with Gasteiger partial charge in [0.05, 0.1) is 0 Å². The van der Waals surface area contributed by atoms with E-state index in [-0.39, 0.29) is 0 Å². The van der Waals surface area contributed by atoms with Crippen LogP contribution in [0.3, 0.4) is 0 Å². The Morgan fingerprint density at radius 2 is 1.69 bits per heavy atom. The Hall–Kier alpha value is -1.30. The van der Waals surface area contributed by atoms with E-state index in [0.29, 0.717) is 0 Å². The standard InChI is InChI=1S/C26H36/c1-5-23-19(4)26(25-12-8-11-24(23)25)18(3)17(2)15-20-13-14-21-9-6-7-10-22(21)16-20/h6-7,9-10,13-14,16-19,23-26H,5,8,11-12,15H2,1-4H3. The summed E-state index contributed by atoms with van der Waals surface area (Å²) in [6.07, 6.45) is 7.12. The monoisotopic (exact) mass is 348 g/mol. The lowest BCUT2D eigenvalue weighted by atomic mass is 9.72. The molecule has 7 unspecified atom stereocenters.